The maximum Gasteiger partial charge on any atom is 0.327 e. The summed E-state index contributed by atoms with van der Waals surface area (Å²) < 4.78 is 9.73. The SMILES string of the molecule is CCCCC(CC)(COP(O)O)COP(O)O. The molecule has 0 fully saturated rings. The van der Waals surface area contributed by atoms with E-state index in [0.717, 1.165) is 19.3 Å². The molecule has 8 heteroatoms. The molecule has 0 amide bonds. The largest absolute Gasteiger partial charge is 0.328 e. The summed E-state index contributed by atoms with van der Waals surface area (Å²) in [7, 11) is -4.77. The molecule has 0 bridgehead atoms. The molecule has 0 saturated heterocycles. The van der Waals surface area contributed by atoms with Crippen molar-refractivity contribution in [3.8, 4) is 0 Å². The van der Waals surface area contributed by atoms with Gasteiger partial charge in [-0.3, -0.25) is 0 Å². The van der Waals surface area contributed by atoms with Crippen molar-refractivity contribution in [1.82, 2.24) is 0 Å². The molecule has 0 aliphatic heterocycles. The Morgan fingerprint density at radius 3 is 1.71 bits per heavy atom. The minimum atomic E-state index is -2.39. The van der Waals surface area contributed by atoms with Gasteiger partial charge in [0.25, 0.3) is 0 Å². The lowest BCUT2D eigenvalue weighted by molar-refractivity contribution is 0.0527. The summed E-state index contributed by atoms with van der Waals surface area (Å²) >= 11 is 0. The van der Waals surface area contributed by atoms with Gasteiger partial charge in [-0.2, -0.15) is 0 Å². The second kappa shape index (κ2) is 9.54. The van der Waals surface area contributed by atoms with Crippen LogP contribution in [-0.4, -0.2) is 32.8 Å². The van der Waals surface area contributed by atoms with Gasteiger partial charge >= 0.3 is 17.2 Å². The summed E-state index contributed by atoms with van der Waals surface area (Å²) in [6.07, 6.45) is 3.44. The van der Waals surface area contributed by atoms with Crippen LogP contribution in [0, 0.1) is 5.41 Å². The fraction of sp³-hybridized carbons (Fsp3) is 1.00. The lowest BCUT2D eigenvalue weighted by Crippen LogP contribution is -2.30. The van der Waals surface area contributed by atoms with Gasteiger partial charge in [0.15, 0.2) is 0 Å². The Morgan fingerprint density at radius 2 is 1.41 bits per heavy atom. The maximum atomic E-state index is 8.78. The molecule has 0 rings (SSSR count). The van der Waals surface area contributed by atoms with Crippen LogP contribution >= 0.6 is 17.2 Å². The number of unbranched alkanes of at least 4 members (excludes halogenated alkanes) is 1. The predicted octanol–water partition coefficient (Wildman–Crippen LogP) is 2.03. The van der Waals surface area contributed by atoms with Crippen molar-refractivity contribution in [2.45, 2.75) is 39.5 Å². The van der Waals surface area contributed by atoms with Gasteiger partial charge in [0.1, 0.15) is 0 Å². The van der Waals surface area contributed by atoms with Gasteiger partial charge in [0, 0.05) is 5.41 Å². The van der Waals surface area contributed by atoms with E-state index in [2.05, 4.69) is 6.92 Å². The monoisotopic (exact) mass is 288 g/mol. The average molecular weight is 288 g/mol. The van der Waals surface area contributed by atoms with Crippen LogP contribution in [0.5, 0.6) is 0 Å². The predicted molar refractivity (Wildman–Crippen MR) is 66.9 cm³/mol. The van der Waals surface area contributed by atoms with E-state index in [4.69, 9.17) is 28.6 Å². The lowest BCUT2D eigenvalue weighted by atomic mass is 9.82. The highest BCUT2D eigenvalue weighted by Crippen LogP contribution is 2.38. The topological polar surface area (TPSA) is 99.4 Å². The van der Waals surface area contributed by atoms with Crippen LogP contribution in [0.2, 0.25) is 0 Å². The summed E-state index contributed by atoms with van der Waals surface area (Å²) in [5.41, 5.74) is -0.395. The minimum absolute atomic E-state index is 0.144. The first kappa shape index (κ1) is 17.6. The van der Waals surface area contributed by atoms with Crippen molar-refractivity contribution in [1.29, 1.82) is 0 Å². The summed E-state index contributed by atoms with van der Waals surface area (Å²) in [6.45, 7) is 4.28. The summed E-state index contributed by atoms with van der Waals surface area (Å²) in [4.78, 5) is 35.1. The van der Waals surface area contributed by atoms with Gasteiger partial charge < -0.3 is 28.6 Å². The highest BCUT2D eigenvalue weighted by atomic mass is 31.2. The van der Waals surface area contributed by atoms with Crippen LogP contribution in [0.3, 0.4) is 0 Å². The van der Waals surface area contributed by atoms with E-state index in [1.54, 1.807) is 0 Å². The smallest absolute Gasteiger partial charge is 0.327 e. The normalized spacial score (nSPS) is 12.7. The van der Waals surface area contributed by atoms with Crippen molar-refractivity contribution < 1.29 is 28.6 Å². The fourth-order valence-corrected chi connectivity index (χ4v) is 2.29. The van der Waals surface area contributed by atoms with Crippen LogP contribution in [0.15, 0.2) is 0 Å². The van der Waals surface area contributed by atoms with Gasteiger partial charge in [-0.1, -0.05) is 26.7 Å². The maximum absolute atomic E-state index is 8.78. The zero-order chi connectivity index (χ0) is 13.3. The third-order valence-electron chi connectivity index (χ3n) is 2.78. The number of hydrogen-bond donors (Lipinski definition) is 4. The van der Waals surface area contributed by atoms with E-state index in [9.17, 15) is 0 Å². The zero-order valence-electron chi connectivity index (χ0n) is 10.2. The molecule has 0 aliphatic rings. The van der Waals surface area contributed by atoms with Crippen LogP contribution < -0.4 is 0 Å². The summed E-state index contributed by atoms with van der Waals surface area (Å²) in [6, 6.07) is 0. The highest BCUT2D eigenvalue weighted by molar-refractivity contribution is 7.39. The molecule has 0 unspecified atom stereocenters. The van der Waals surface area contributed by atoms with Crippen LogP contribution in [-0.2, 0) is 9.05 Å². The van der Waals surface area contributed by atoms with E-state index in [0.29, 0.717) is 6.42 Å². The first-order valence-corrected chi connectivity index (χ1v) is 7.90. The molecule has 6 nitrogen and oxygen atoms in total. The summed E-state index contributed by atoms with van der Waals surface area (Å²) in [5.74, 6) is 0. The second-order valence-corrected chi connectivity index (χ2v) is 5.54. The molecule has 0 aromatic carbocycles. The van der Waals surface area contributed by atoms with Gasteiger partial charge in [-0.25, -0.2) is 0 Å². The third-order valence-corrected chi connectivity index (χ3v) is 3.50. The van der Waals surface area contributed by atoms with Crippen molar-refractivity contribution in [2.75, 3.05) is 13.2 Å². The molecule has 0 aliphatic carbocycles. The van der Waals surface area contributed by atoms with Crippen molar-refractivity contribution in [2.24, 2.45) is 5.41 Å². The van der Waals surface area contributed by atoms with Crippen LogP contribution in [0.1, 0.15) is 39.5 Å². The van der Waals surface area contributed by atoms with E-state index < -0.39 is 22.6 Å². The standard InChI is InChI=1S/C9H22O6P2/c1-3-5-6-9(4-2,7-14-16(10)11)8-15-17(12)13/h10-13H,3-8H2,1-2H3. The quantitative estimate of drug-likeness (QED) is 0.459. The van der Waals surface area contributed by atoms with Crippen molar-refractivity contribution in [3.05, 3.63) is 0 Å². The van der Waals surface area contributed by atoms with Crippen LogP contribution in [0.4, 0.5) is 0 Å². The highest BCUT2D eigenvalue weighted by Gasteiger charge is 2.30. The molecular formula is C9H22O6P2. The van der Waals surface area contributed by atoms with E-state index >= 15 is 0 Å². The minimum Gasteiger partial charge on any atom is -0.328 e. The lowest BCUT2D eigenvalue weighted by Gasteiger charge is -2.32. The Bertz CT molecular complexity index is 178. The van der Waals surface area contributed by atoms with Gasteiger partial charge in [0.05, 0.1) is 13.2 Å². The summed E-state index contributed by atoms with van der Waals surface area (Å²) in [5, 5.41) is 0. The molecular weight excluding hydrogens is 266 g/mol. The molecule has 0 heterocycles. The van der Waals surface area contributed by atoms with Gasteiger partial charge in [0.2, 0.25) is 0 Å². The van der Waals surface area contributed by atoms with E-state index in [1.807, 2.05) is 6.92 Å². The Kier molecular flexibility index (Phi) is 9.88. The first-order chi connectivity index (χ1) is 7.95. The zero-order valence-corrected chi connectivity index (χ0v) is 12.0. The Labute approximate surface area is 105 Å². The third kappa shape index (κ3) is 8.36. The average Bonchev–Trinajstić information content (AvgIpc) is 2.28. The Balaban J connectivity index is 4.38. The molecule has 104 valence electrons. The van der Waals surface area contributed by atoms with E-state index in [1.165, 1.54) is 0 Å². The van der Waals surface area contributed by atoms with Crippen molar-refractivity contribution in [3.63, 3.8) is 0 Å². The molecule has 0 aromatic rings. The number of rotatable bonds is 10. The molecule has 0 spiro atoms. The van der Waals surface area contributed by atoms with Crippen molar-refractivity contribution >= 4 is 17.2 Å². The first-order valence-electron chi connectivity index (χ1n) is 5.57. The van der Waals surface area contributed by atoms with E-state index in [-0.39, 0.29) is 13.2 Å². The Hall–Kier alpha value is 0.620. The van der Waals surface area contributed by atoms with Gasteiger partial charge in [-0.05, 0) is 12.8 Å². The van der Waals surface area contributed by atoms with Gasteiger partial charge in [-0.15, -0.1) is 0 Å². The molecule has 0 aromatic heterocycles. The molecule has 0 saturated carbocycles. The number of hydrogen-bond acceptors (Lipinski definition) is 6. The molecule has 4 N–H and O–H groups in total. The molecule has 17 heavy (non-hydrogen) atoms. The molecule has 0 atom stereocenters. The fourth-order valence-electron chi connectivity index (χ4n) is 1.51. The molecule has 0 radical (unpaired) electrons. The van der Waals surface area contributed by atoms with Crippen LogP contribution in [0.25, 0.3) is 0 Å². The Morgan fingerprint density at radius 1 is 0.941 bits per heavy atom. The second-order valence-electron chi connectivity index (χ2n) is 4.01.